The Morgan fingerprint density at radius 3 is 2.40 bits per heavy atom. The van der Waals surface area contributed by atoms with E-state index in [-0.39, 0.29) is 17.1 Å². The van der Waals surface area contributed by atoms with E-state index in [0.29, 0.717) is 36.9 Å². The lowest BCUT2D eigenvalue weighted by Gasteiger charge is -2.32. The van der Waals surface area contributed by atoms with Gasteiger partial charge in [0, 0.05) is 25.8 Å². The van der Waals surface area contributed by atoms with Crippen molar-refractivity contribution in [3.63, 3.8) is 0 Å². The predicted octanol–water partition coefficient (Wildman–Crippen LogP) is 4.37. The number of amides is 1. The molecule has 1 saturated heterocycles. The number of aromatic nitrogens is 3. The van der Waals surface area contributed by atoms with Crippen LogP contribution in [0.3, 0.4) is 0 Å². The van der Waals surface area contributed by atoms with Crippen LogP contribution in [-0.4, -0.2) is 49.6 Å². The molecular formula is C27H27N5O3. The van der Waals surface area contributed by atoms with Crippen LogP contribution in [0.25, 0.3) is 5.65 Å². The van der Waals surface area contributed by atoms with E-state index in [1.807, 2.05) is 35.2 Å². The molecule has 1 amide bonds. The van der Waals surface area contributed by atoms with Gasteiger partial charge in [-0.2, -0.15) is 9.61 Å². The summed E-state index contributed by atoms with van der Waals surface area (Å²) in [7, 11) is 0. The third-order valence-electron chi connectivity index (χ3n) is 6.62. The maximum Gasteiger partial charge on any atom is 0.341 e. The number of hydrogen-bond donors (Lipinski definition) is 2. The minimum Gasteiger partial charge on any atom is -0.477 e. The number of likely N-dealkylation sites (tertiary alicyclic amines) is 1. The second kappa shape index (κ2) is 9.58. The maximum absolute atomic E-state index is 13.6. The summed E-state index contributed by atoms with van der Waals surface area (Å²) in [5.41, 5.74) is 4.15. The van der Waals surface area contributed by atoms with E-state index in [1.54, 1.807) is 0 Å². The Hall–Kier alpha value is -4.20. The normalized spacial score (nSPS) is 14.3. The van der Waals surface area contributed by atoms with Gasteiger partial charge in [0.15, 0.2) is 5.65 Å². The van der Waals surface area contributed by atoms with Gasteiger partial charge in [-0.15, -0.1) is 0 Å². The molecule has 2 aromatic heterocycles. The van der Waals surface area contributed by atoms with Crippen LogP contribution in [0, 0.1) is 6.92 Å². The third-order valence-corrected chi connectivity index (χ3v) is 6.62. The Morgan fingerprint density at radius 2 is 1.71 bits per heavy atom. The molecule has 0 aliphatic carbocycles. The van der Waals surface area contributed by atoms with Gasteiger partial charge in [-0.25, -0.2) is 9.78 Å². The second-order valence-electron chi connectivity index (χ2n) is 8.94. The lowest BCUT2D eigenvalue weighted by Crippen LogP contribution is -2.38. The molecule has 35 heavy (non-hydrogen) atoms. The zero-order chi connectivity index (χ0) is 24.4. The van der Waals surface area contributed by atoms with Gasteiger partial charge in [0.05, 0.1) is 6.20 Å². The Balaban J connectivity index is 1.41. The highest BCUT2D eigenvalue weighted by Crippen LogP contribution is 2.30. The number of anilines is 1. The Labute approximate surface area is 203 Å². The predicted molar refractivity (Wildman–Crippen MR) is 133 cm³/mol. The molecule has 178 valence electrons. The fourth-order valence-corrected chi connectivity index (χ4v) is 4.61. The number of carboxylic acid groups (broad SMARTS) is 1. The average Bonchev–Trinajstić information content (AvgIpc) is 3.33. The zero-order valence-corrected chi connectivity index (χ0v) is 19.5. The van der Waals surface area contributed by atoms with E-state index < -0.39 is 5.97 Å². The molecule has 0 spiro atoms. The Bertz CT molecular complexity index is 1360. The van der Waals surface area contributed by atoms with Gasteiger partial charge in [0.2, 0.25) is 0 Å². The van der Waals surface area contributed by atoms with Gasteiger partial charge in [0.25, 0.3) is 5.91 Å². The van der Waals surface area contributed by atoms with Crippen molar-refractivity contribution in [3.8, 4) is 0 Å². The second-order valence-corrected chi connectivity index (χ2v) is 8.94. The number of hydrogen-bond acceptors (Lipinski definition) is 5. The lowest BCUT2D eigenvalue weighted by atomic mass is 9.89. The molecule has 5 rings (SSSR count). The van der Waals surface area contributed by atoms with Crippen molar-refractivity contribution >= 4 is 23.3 Å². The zero-order valence-electron chi connectivity index (χ0n) is 19.5. The Morgan fingerprint density at radius 1 is 1.00 bits per heavy atom. The first-order chi connectivity index (χ1) is 17.0. The topological polar surface area (TPSA) is 99.8 Å². The van der Waals surface area contributed by atoms with Crippen LogP contribution < -0.4 is 5.32 Å². The molecule has 0 radical (unpaired) electrons. The van der Waals surface area contributed by atoms with Gasteiger partial charge in [-0.1, -0.05) is 60.2 Å². The largest absolute Gasteiger partial charge is 0.477 e. The van der Waals surface area contributed by atoms with E-state index in [1.165, 1.54) is 28.0 Å². The monoisotopic (exact) mass is 469 g/mol. The third kappa shape index (κ3) is 4.59. The molecular weight excluding hydrogens is 442 g/mol. The maximum atomic E-state index is 13.6. The number of carbonyl (C=O) groups is 2. The first-order valence-corrected chi connectivity index (χ1v) is 11.7. The fourth-order valence-electron chi connectivity index (χ4n) is 4.61. The number of aromatic carboxylic acids is 1. The molecule has 8 heteroatoms. The first-order valence-electron chi connectivity index (χ1n) is 11.7. The van der Waals surface area contributed by atoms with Crippen molar-refractivity contribution < 1.29 is 14.7 Å². The van der Waals surface area contributed by atoms with Crippen LogP contribution in [0.15, 0.2) is 67.0 Å². The number of piperidine rings is 1. The molecule has 4 aromatic rings. The average molecular weight is 470 g/mol. The van der Waals surface area contributed by atoms with Crippen LogP contribution in [0.1, 0.15) is 56.2 Å². The van der Waals surface area contributed by atoms with Gasteiger partial charge in [0.1, 0.15) is 16.9 Å². The van der Waals surface area contributed by atoms with Crippen molar-refractivity contribution in [2.75, 3.05) is 18.4 Å². The molecule has 3 heterocycles. The summed E-state index contributed by atoms with van der Waals surface area (Å²) in [6.45, 7) is 3.83. The van der Waals surface area contributed by atoms with Crippen molar-refractivity contribution in [1.82, 2.24) is 19.5 Å². The Kier molecular flexibility index (Phi) is 6.18. The SMILES string of the molecule is Cc1ccc(C2CCN(C(=O)c3cnc4c(C(=O)O)cnn4c3NCc3ccccc3)CC2)cc1. The highest BCUT2D eigenvalue weighted by Gasteiger charge is 2.28. The molecule has 0 unspecified atom stereocenters. The van der Waals surface area contributed by atoms with E-state index in [2.05, 4.69) is 46.6 Å². The van der Waals surface area contributed by atoms with Gasteiger partial charge >= 0.3 is 5.97 Å². The van der Waals surface area contributed by atoms with Crippen LogP contribution in [0.5, 0.6) is 0 Å². The minimum atomic E-state index is -1.11. The molecule has 8 nitrogen and oxygen atoms in total. The molecule has 2 N–H and O–H groups in total. The molecule has 1 fully saturated rings. The van der Waals surface area contributed by atoms with Gasteiger partial charge < -0.3 is 15.3 Å². The standard InChI is InChI=1S/C27H27N5O3/c1-18-7-9-20(10-8-18)21-11-13-31(14-12-21)26(33)22-16-29-25-23(27(34)35)17-30-32(25)24(22)28-15-19-5-3-2-4-6-19/h2-10,16-17,21,28H,11-15H2,1H3,(H,34,35). The van der Waals surface area contributed by atoms with E-state index in [9.17, 15) is 14.7 Å². The van der Waals surface area contributed by atoms with Crippen LogP contribution in [0.2, 0.25) is 0 Å². The number of aryl methyl sites for hydroxylation is 1. The number of nitrogens with zero attached hydrogens (tertiary/aromatic N) is 4. The fraction of sp³-hybridized carbons (Fsp3) is 0.259. The molecule has 0 bridgehead atoms. The number of carboxylic acids is 1. The van der Waals surface area contributed by atoms with Crippen LogP contribution in [0.4, 0.5) is 5.82 Å². The molecule has 0 saturated carbocycles. The summed E-state index contributed by atoms with van der Waals surface area (Å²) >= 11 is 0. The van der Waals surface area contributed by atoms with Gasteiger partial charge in [-0.3, -0.25) is 4.79 Å². The molecule has 0 atom stereocenters. The van der Waals surface area contributed by atoms with E-state index >= 15 is 0 Å². The quantitative estimate of drug-likeness (QED) is 0.435. The summed E-state index contributed by atoms with van der Waals surface area (Å²) in [6.07, 6.45) is 4.51. The van der Waals surface area contributed by atoms with Crippen molar-refractivity contribution in [1.29, 1.82) is 0 Å². The number of rotatable bonds is 6. The van der Waals surface area contributed by atoms with Crippen LogP contribution in [-0.2, 0) is 6.54 Å². The lowest BCUT2D eigenvalue weighted by molar-refractivity contribution is 0.0695. The van der Waals surface area contributed by atoms with Crippen molar-refractivity contribution in [2.45, 2.75) is 32.2 Å². The number of nitrogens with one attached hydrogen (secondary N) is 1. The summed E-state index contributed by atoms with van der Waals surface area (Å²) in [5.74, 6) is -0.374. The summed E-state index contributed by atoms with van der Waals surface area (Å²) in [6, 6.07) is 18.4. The van der Waals surface area contributed by atoms with Crippen LogP contribution >= 0.6 is 0 Å². The smallest absolute Gasteiger partial charge is 0.341 e. The highest BCUT2D eigenvalue weighted by atomic mass is 16.4. The number of carbonyl (C=O) groups excluding carboxylic acids is 1. The van der Waals surface area contributed by atoms with Gasteiger partial charge in [-0.05, 0) is 36.8 Å². The molecule has 1 aliphatic rings. The molecule has 2 aromatic carbocycles. The van der Waals surface area contributed by atoms with Crippen molar-refractivity contribution in [3.05, 3.63) is 94.8 Å². The summed E-state index contributed by atoms with van der Waals surface area (Å²) in [5, 5.41) is 17.0. The first kappa shape index (κ1) is 22.6. The van der Waals surface area contributed by atoms with Crippen molar-refractivity contribution in [2.24, 2.45) is 0 Å². The number of benzene rings is 2. The number of fused-ring (bicyclic) bond motifs is 1. The minimum absolute atomic E-state index is 0.00864. The summed E-state index contributed by atoms with van der Waals surface area (Å²) in [4.78, 5) is 31.3. The highest BCUT2D eigenvalue weighted by molar-refractivity contribution is 6.00. The van der Waals surface area contributed by atoms with E-state index in [0.717, 1.165) is 18.4 Å². The molecule has 1 aliphatic heterocycles. The summed E-state index contributed by atoms with van der Waals surface area (Å²) < 4.78 is 1.42. The van der Waals surface area contributed by atoms with E-state index in [4.69, 9.17) is 0 Å².